The Morgan fingerprint density at radius 3 is 2.39 bits per heavy atom. The molecule has 8 nitrogen and oxygen atoms in total. The van der Waals surface area contributed by atoms with Gasteiger partial charge in [0.05, 0.1) is 5.54 Å². The molecule has 1 aromatic carbocycles. The Bertz CT molecular complexity index is 914. The molecule has 33 heavy (non-hydrogen) atoms. The Hall–Kier alpha value is -2.87. The lowest BCUT2D eigenvalue weighted by Gasteiger charge is -2.50. The molecule has 2 fully saturated rings. The van der Waals surface area contributed by atoms with Gasteiger partial charge >= 0.3 is 5.97 Å². The van der Waals surface area contributed by atoms with Crippen LogP contribution in [0.25, 0.3) is 0 Å². The highest BCUT2D eigenvalue weighted by Crippen LogP contribution is 2.42. The summed E-state index contributed by atoms with van der Waals surface area (Å²) in [5, 5.41) is 21.7. The number of carboxylic acid groups (broad SMARTS) is 1. The number of aliphatic hydroxyl groups is 1. The van der Waals surface area contributed by atoms with Gasteiger partial charge in [-0.2, -0.15) is 0 Å². The van der Waals surface area contributed by atoms with Crippen molar-refractivity contribution in [1.29, 1.82) is 0 Å². The predicted molar refractivity (Wildman–Crippen MR) is 121 cm³/mol. The lowest BCUT2D eigenvalue weighted by atomic mass is 9.75. The van der Waals surface area contributed by atoms with Gasteiger partial charge in [-0.05, 0) is 55.9 Å². The molecular formula is C25H32N2O6. The Morgan fingerprint density at radius 1 is 1.09 bits per heavy atom. The number of amides is 2. The summed E-state index contributed by atoms with van der Waals surface area (Å²) in [6.07, 6.45) is 5.49. The summed E-state index contributed by atoms with van der Waals surface area (Å²) >= 11 is 0. The van der Waals surface area contributed by atoms with Crippen LogP contribution in [0.15, 0.2) is 41.7 Å². The zero-order valence-electron chi connectivity index (χ0n) is 18.8. The number of rotatable bonds is 6. The third kappa shape index (κ3) is 5.05. The maximum atomic E-state index is 13.5. The van der Waals surface area contributed by atoms with Gasteiger partial charge < -0.3 is 25.2 Å². The third-order valence-electron chi connectivity index (χ3n) is 7.43. The van der Waals surface area contributed by atoms with Crippen LogP contribution in [0.4, 0.5) is 0 Å². The molecule has 1 aliphatic carbocycles. The maximum Gasteiger partial charge on any atom is 0.322 e. The second-order valence-electron chi connectivity index (χ2n) is 9.46. The van der Waals surface area contributed by atoms with E-state index < -0.39 is 29.9 Å². The molecule has 1 aromatic rings. The van der Waals surface area contributed by atoms with Gasteiger partial charge in [0.25, 0.3) is 11.8 Å². The molecule has 2 amide bonds. The third-order valence-corrected chi connectivity index (χ3v) is 7.43. The molecule has 0 atom stereocenters. The molecule has 0 radical (unpaired) electrons. The maximum absolute atomic E-state index is 13.5. The number of nitrogens with zero attached hydrogens (tertiary/aromatic N) is 1. The first-order valence-corrected chi connectivity index (χ1v) is 11.8. The van der Waals surface area contributed by atoms with Crippen LogP contribution in [0.5, 0.6) is 0 Å². The van der Waals surface area contributed by atoms with E-state index >= 15 is 0 Å². The van der Waals surface area contributed by atoms with Gasteiger partial charge in [0.2, 0.25) is 0 Å². The van der Waals surface area contributed by atoms with Crippen molar-refractivity contribution in [3.63, 3.8) is 0 Å². The largest absolute Gasteiger partial charge is 0.511 e. The van der Waals surface area contributed by atoms with Crippen molar-refractivity contribution in [3.05, 3.63) is 47.2 Å². The number of carbonyl (C=O) groups excluding carboxylic acids is 2. The fourth-order valence-corrected chi connectivity index (χ4v) is 5.58. The van der Waals surface area contributed by atoms with Gasteiger partial charge in [-0.1, -0.05) is 30.3 Å². The Labute approximate surface area is 193 Å². The number of hydrogen-bond acceptors (Lipinski definition) is 5. The molecule has 1 saturated carbocycles. The average Bonchev–Trinajstić information content (AvgIpc) is 2.82. The number of hydrogen-bond donors (Lipinski definition) is 3. The highest BCUT2D eigenvalue weighted by molar-refractivity contribution is 6.19. The van der Waals surface area contributed by atoms with Crippen molar-refractivity contribution in [1.82, 2.24) is 10.2 Å². The van der Waals surface area contributed by atoms with Crippen molar-refractivity contribution >= 4 is 17.8 Å². The molecule has 4 rings (SSSR count). The van der Waals surface area contributed by atoms with E-state index in [0.717, 1.165) is 25.7 Å². The molecule has 1 saturated heterocycles. The second-order valence-corrected chi connectivity index (χ2v) is 9.46. The first-order chi connectivity index (χ1) is 15.9. The molecule has 8 heteroatoms. The molecule has 2 aliphatic heterocycles. The van der Waals surface area contributed by atoms with Crippen molar-refractivity contribution in [2.45, 2.75) is 56.4 Å². The van der Waals surface area contributed by atoms with Gasteiger partial charge in [0.15, 0.2) is 0 Å². The number of nitrogens with one attached hydrogen (secondary N) is 1. The molecular weight excluding hydrogens is 424 g/mol. The van der Waals surface area contributed by atoms with Crippen LogP contribution in [-0.4, -0.2) is 64.7 Å². The number of aliphatic hydroxyl groups excluding tert-OH is 1. The first kappa shape index (κ1) is 23.3. The number of carboxylic acids is 1. The summed E-state index contributed by atoms with van der Waals surface area (Å²) in [6, 6.07) is 10.5. The molecule has 0 aromatic heterocycles. The molecule has 178 valence electrons. The molecule has 2 heterocycles. The van der Waals surface area contributed by atoms with Gasteiger partial charge in [0.1, 0.15) is 17.9 Å². The highest BCUT2D eigenvalue weighted by Gasteiger charge is 2.49. The fourth-order valence-electron chi connectivity index (χ4n) is 5.58. The van der Waals surface area contributed by atoms with E-state index in [4.69, 9.17) is 9.84 Å². The SMILES string of the molecule is O=C(O)CNC(=O)C1=C(O)CC2(CCOCC2)N(CC2CCC(c3ccccc3)CC2)C1=O. The summed E-state index contributed by atoms with van der Waals surface area (Å²) in [4.78, 5) is 38.7. The lowest BCUT2D eigenvalue weighted by molar-refractivity contribution is -0.145. The zero-order chi connectivity index (χ0) is 23.4. The average molecular weight is 457 g/mol. The van der Waals surface area contributed by atoms with Crippen LogP contribution in [0, 0.1) is 5.92 Å². The molecule has 1 spiro atoms. The normalized spacial score (nSPS) is 25.2. The van der Waals surface area contributed by atoms with E-state index in [0.29, 0.717) is 44.4 Å². The van der Waals surface area contributed by atoms with Crippen molar-refractivity contribution in [2.24, 2.45) is 5.92 Å². The minimum absolute atomic E-state index is 0.192. The van der Waals surface area contributed by atoms with E-state index in [2.05, 4.69) is 29.6 Å². The summed E-state index contributed by atoms with van der Waals surface area (Å²) < 4.78 is 5.53. The number of ether oxygens (including phenoxy) is 1. The summed E-state index contributed by atoms with van der Waals surface area (Å²) in [7, 11) is 0. The van der Waals surface area contributed by atoms with Crippen molar-refractivity contribution < 1.29 is 29.3 Å². The second kappa shape index (κ2) is 9.95. The van der Waals surface area contributed by atoms with E-state index in [-0.39, 0.29) is 17.8 Å². The van der Waals surface area contributed by atoms with Crippen LogP contribution in [0.1, 0.15) is 56.4 Å². The fraction of sp³-hybridized carbons (Fsp3) is 0.560. The quantitative estimate of drug-likeness (QED) is 0.567. The number of aliphatic carboxylic acids is 1. The molecule has 0 unspecified atom stereocenters. The number of benzene rings is 1. The van der Waals surface area contributed by atoms with Crippen LogP contribution >= 0.6 is 0 Å². The van der Waals surface area contributed by atoms with Crippen LogP contribution < -0.4 is 5.32 Å². The first-order valence-electron chi connectivity index (χ1n) is 11.8. The van der Waals surface area contributed by atoms with Gasteiger partial charge in [-0.15, -0.1) is 0 Å². The smallest absolute Gasteiger partial charge is 0.322 e. The lowest BCUT2D eigenvalue weighted by Crippen LogP contribution is -2.60. The van der Waals surface area contributed by atoms with Gasteiger partial charge in [0, 0.05) is 26.2 Å². The van der Waals surface area contributed by atoms with E-state index in [1.165, 1.54) is 5.56 Å². The van der Waals surface area contributed by atoms with E-state index in [1.54, 1.807) is 4.90 Å². The van der Waals surface area contributed by atoms with Crippen LogP contribution in [-0.2, 0) is 19.1 Å². The number of carbonyl (C=O) groups is 3. The molecule has 0 bridgehead atoms. The zero-order valence-corrected chi connectivity index (χ0v) is 18.8. The summed E-state index contributed by atoms with van der Waals surface area (Å²) in [6.45, 7) is 0.922. The van der Waals surface area contributed by atoms with Gasteiger partial charge in [-0.3, -0.25) is 14.4 Å². The van der Waals surface area contributed by atoms with Crippen LogP contribution in [0.2, 0.25) is 0 Å². The Kier molecular flexibility index (Phi) is 7.02. The van der Waals surface area contributed by atoms with E-state index in [9.17, 15) is 19.5 Å². The highest BCUT2D eigenvalue weighted by atomic mass is 16.5. The van der Waals surface area contributed by atoms with Crippen molar-refractivity contribution in [2.75, 3.05) is 26.3 Å². The summed E-state index contributed by atoms with van der Waals surface area (Å²) in [5.41, 5.74) is 0.467. The minimum atomic E-state index is -1.21. The van der Waals surface area contributed by atoms with Crippen LogP contribution in [0.3, 0.4) is 0 Å². The molecule has 3 N–H and O–H groups in total. The van der Waals surface area contributed by atoms with E-state index in [1.807, 2.05) is 6.07 Å². The minimum Gasteiger partial charge on any atom is -0.511 e. The van der Waals surface area contributed by atoms with Gasteiger partial charge in [-0.25, -0.2) is 0 Å². The standard InChI is InChI=1S/C25H32N2O6/c28-20-14-25(10-12-33-13-11-25)27(24(32)22(20)23(31)26-15-21(29)30)16-17-6-8-19(9-7-17)18-4-2-1-3-5-18/h1-5,17,19,28H,6-16H2,(H,26,31)(H,29,30). The topological polar surface area (TPSA) is 116 Å². The molecule has 3 aliphatic rings. The Balaban J connectivity index is 1.50. The van der Waals surface area contributed by atoms with Crippen molar-refractivity contribution in [3.8, 4) is 0 Å². The predicted octanol–water partition coefficient (Wildman–Crippen LogP) is 2.75. The Morgan fingerprint density at radius 2 is 1.76 bits per heavy atom. The summed E-state index contributed by atoms with van der Waals surface area (Å²) in [5.74, 6) is -1.96. The monoisotopic (exact) mass is 456 g/mol.